The van der Waals surface area contributed by atoms with Gasteiger partial charge in [0, 0.05) is 23.8 Å². The first-order valence-electron chi connectivity index (χ1n) is 7.62. The van der Waals surface area contributed by atoms with Gasteiger partial charge < -0.3 is 14.8 Å². The van der Waals surface area contributed by atoms with Gasteiger partial charge >= 0.3 is 0 Å². The van der Waals surface area contributed by atoms with Crippen molar-refractivity contribution in [3.05, 3.63) is 47.6 Å². The Kier molecular flexibility index (Phi) is 4.10. The summed E-state index contributed by atoms with van der Waals surface area (Å²) >= 11 is 1.52. The minimum Gasteiger partial charge on any atom is -0.485 e. The molecule has 7 heteroatoms. The average molecular weight is 340 g/mol. The number of rotatable bonds is 5. The molecule has 0 atom stereocenters. The molecule has 0 spiro atoms. The fourth-order valence-electron chi connectivity index (χ4n) is 2.26. The van der Waals surface area contributed by atoms with Crippen molar-refractivity contribution in [3.63, 3.8) is 0 Å². The fraction of sp³-hybridized carbons (Fsp3) is 0.235. The highest BCUT2D eigenvalue weighted by molar-refractivity contribution is 7.14. The van der Waals surface area contributed by atoms with Gasteiger partial charge in [-0.25, -0.2) is 9.97 Å². The van der Waals surface area contributed by atoms with Gasteiger partial charge in [-0.15, -0.1) is 11.3 Å². The molecule has 0 aliphatic carbocycles. The summed E-state index contributed by atoms with van der Waals surface area (Å²) in [6.07, 6.45) is 3.65. The summed E-state index contributed by atoms with van der Waals surface area (Å²) in [5, 5.41) is 5.97. The second-order valence-electron chi connectivity index (χ2n) is 5.54. The van der Waals surface area contributed by atoms with Crippen LogP contribution in [0.3, 0.4) is 0 Å². The van der Waals surface area contributed by atoms with Gasteiger partial charge in [-0.1, -0.05) is 0 Å². The van der Waals surface area contributed by atoms with Gasteiger partial charge in [0.15, 0.2) is 5.13 Å². The number of pyridine rings is 2. The van der Waals surface area contributed by atoms with Gasteiger partial charge in [0.2, 0.25) is 0 Å². The summed E-state index contributed by atoms with van der Waals surface area (Å²) in [5.74, 6) is 1.57. The molecule has 1 fully saturated rings. The van der Waals surface area contributed by atoms with E-state index in [0.29, 0.717) is 13.2 Å². The number of ether oxygens (including phenoxy) is 2. The van der Waals surface area contributed by atoms with Crippen molar-refractivity contribution in [2.45, 2.75) is 13.0 Å². The zero-order chi connectivity index (χ0) is 16.4. The van der Waals surface area contributed by atoms with Gasteiger partial charge in [0.1, 0.15) is 23.4 Å². The summed E-state index contributed by atoms with van der Waals surface area (Å²) in [4.78, 5) is 13.3. The average Bonchev–Trinajstić information content (AvgIpc) is 3.00. The normalized spacial score (nSPS) is 14.2. The first kappa shape index (κ1) is 15.0. The van der Waals surface area contributed by atoms with Crippen LogP contribution in [0.4, 0.5) is 10.9 Å². The maximum atomic E-state index is 5.81. The molecule has 0 bridgehead atoms. The first-order chi connectivity index (χ1) is 11.8. The Morgan fingerprint density at radius 1 is 1.17 bits per heavy atom. The third kappa shape index (κ3) is 3.37. The fourth-order valence-corrected chi connectivity index (χ4v) is 2.97. The van der Waals surface area contributed by atoms with Gasteiger partial charge in [-0.05, 0) is 30.7 Å². The molecule has 1 aliphatic heterocycles. The molecule has 0 aromatic carbocycles. The van der Waals surface area contributed by atoms with E-state index in [1.54, 1.807) is 12.4 Å². The van der Waals surface area contributed by atoms with Gasteiger partial charge in [0.25, 0.3) is 0 Å². The Bertz CT molecular complexity index is 848. The van der Waals surface area contributed by atoms with Crippen molar-refractivity contribution >= 4 is 22.3 Å². The molecule has 0 unspecified atom stereocenters. The number of hydrogen-bond acceptors (Lipinski definition) is 7. The Morgan fingerprint density at radius 2 is 2.04 bits per heavy atom. The monoisotopic (exact) mass is 340 g/mol. The van der Waals surface area contributed by atoms with E-state index in [2.05, 4.69) is 20.3 Å². The standard InChI is InChI=1S/C17H16N4O2S/c1-11-2-4-19-16(6-11)21-17-20-15(10-24-17)14-7-12(3-5-18-14)23-13-8-22-9-13/h2-7,10,13H,8-9H2,1H3,(H,19,20,21). The molecule has 3 aromatic heterocycles. The second-order valence-corrected chi connectivity index (χ2v) is 6.39. The van der Waals surface area contributed by atoms with Crippen molar-refractivity contribution in [2.75, 3.05) is 18.5 Å². The Labute approximate surface area is 143 Å². The van der Waals surface area contributed by atoms with Crippen LogP contribution < -0.4 is 10.1 Å². The molecule has 3 aromatic rings. The lowest BCUT2D eigenvalue weighted by molar-refractivity contribution is -0.0796. The lowest BCUT2D eigenvalue weighted by atomic mass is 10.2. The first-order valence-corrected chi connectivity index (χ1v) is 8.50. The number of anilines is 2. The van der Waals surface area contributed by atoms with E-state index in [4.69, 9.17) is 9.47 Å². The molecule has 4 rings (SSSR count). The summed E-state index contributed by atoms with van der Waals surface area (Å²) in [5.41, 5.74) is 2.75. The Hall–Kier alpha value is -2.51. The summed E-state index contributed by atoms with van der Waals surface area (Å²) in [6.45, 7) is 3.32. The molecule has 0 radical (unpaired) electrons. The van der Waals surface area contributed by atoms with Crippen LogP contribution in [0.5, 0.6) is 5.75 Å². The number of nitrogens with zero attached hydrogens (tertiary/aromatic N) is 3. The topological polar surface area (TPSA) is 69.2 Å². The number of aryl methyl sites for hydroxylation is 1. The molecule has 1 aliphatic rings. The van der Waals surface area contributed by atoms with Crippen LogP contribution in [0.2, 0.25) is 0 Å². The summed E-state index contributed by atoms with van der Waals surface area (Å²) in [7, 11) is 0. The Morgan fingerprint density at radius 3 is 2.83 bits per heavy atom. The molecule has 1 N–H and O–H groups in total. The van der Waals surface area contributed by atoms with Crippen molar-refractivity contribution in [2.24, 2.45) is 0 Å². The summed E-state index contributed by atoms with van der Waals surface area (Å²) < 4.78 is 10.9. The van der Waals surface area contributed by atoms with E-state index in [1.807, 2.05) is 36.6 Å². The zero-order valence-corrected chi connectivity index (χ0v) is 13.9. The van der Waals surface area contributed by atoms with E-state index >= 15 is 0 Å². The van der Waals surface area contributed by atoms with Gasteiger partial charge in [-0.2, -0.15) is 0 Å². The minimum atomic E-state index is 0.139. The molecule has 24 heavy (non-hydrogen) atoms. The predicted octanol–water partition coefficient (Wildman–Crippen LogP) is 3.43. The lowest BCUT2D eigenvalue weighted by Gasteiger charge is -2.26. The van der Waals surface area contributed by atoms with Crippen molar-refractivity contribution in [1.29, 1.82) is 0 Å². The van der Waals surface area contributed by atoms with E-state index < -0.39 is 0 Å². The van der Waals surface area contributed by atoms with Crippen molar-refractivity contribution < 1.29 is 9.47 Å². The highest BCUT2D eigenvalue weighted by atomic mass is 32.1. The molecule has 4 heterocycles. The number of nitrogens with one attached hydrogen (secondary N) is 1. The SMILES string of the molecule is Cc1ccnc(Nc2nc(-c3cc(OC4COC4)ccn3)cs2)c1. The molecule has 122 valence electrons. The molecule has 6 nitrogen and oxygen atoms in total. The molecule has 0 amide bonds. The predicted molar refractivity (Wildman–Crippen MR) is 92.8 cm³/mol. The molecular weight excluding hydrogens is 324 g/mol. The minimum absolute atomic E-state index is 0.139. The Balaban J connectivity index is 1.50. The highest BCUT2D eigenvalue weighted by Gasteiger charge is 2.20. The lowest BCUT2D eigenvalue weighted by Crippen LogP contribution is -2.38. The van der Waals surface area contributed by atoms with Crippen molar-refractivity contribution in [1.82, 2.24) is 15.0 Å². The van der Waals surface area contributed by atoms with E-state index in [0.717, 1.165) is 33.7 Å². The number of thiazole rings is 1. The van der Waals surface area contributed by atoms with Crippen LogP contribution in [-0.4, -0.2) is 34.3 Å². The van der Waals surface area contributed by atoms with E-state index in [1.165, 1.54) is 11.3 Å². The molecule has 1 saturated heterocycles. The maximum Gasteiger partial charge on any atom is 0.188 e. The van der Waals surface area contributed by atoms with Gasteiger partial charge in [0.05, 0.1) is 18.9 Å². The third-order valence-corrected chi connectivity index (χ3v) is 4.32. The number of aromatic nitrogens is 3. The zero-order valence-electron chi connectivity index (χ0n) is 13.1. The molecule has 0 saturated carbocycles. The highest BCUT2D eigenvalue weighted by Crippen LogP contribution is 2.28. The van der Waals surface area contributed by atoms with Crippen LogP contribution in [0, 0.1) is 6.92 Å². The quantitative estimate of drug-likeness (QED) is 0.767. The van der Waals surface area contributed by atoms with Crippen LogP contribution in [0.1, 0.15) is 5.56 Å². The van der Waals surface area contributed by atoms with Crippen LogP contribution in [0.25, 0.3) is 11.4 Å². The van der Waals surface area contributed by atoms with E-state index in [-0.39, 0.29) is 6.10 Å². The van der Waals surface area contributed by atoms with Gasteiger partial charge in [-0.3, -0.25) is 4.98 Å². The third-order valence-electron chi connectivity index (χ3n) is 3.56. The maximum absolute atomic E-state index is 5.81. The van der Waals surface area contributed by atoms with Crippen LogP contribution in [0.15, 0.2) is 42.0 Å². The smallest absolute Gasteiger partial charge is 0.188 e. The number of hydrogen-bond donors (Lipinski definition) is 1. The molecular formula is C17H16N4O2S. The van der Waals surface area contributed by atoms with Crippen LogP contribution >= 0.6 is 11.3 Å². The summed E-state index contributed by atoms with van der Waals surface area (Å²) in [6, 6.07) is 7.70. The second kappa shape index (κ2) is 6.54. The largest absolute Gasteiger partial charge is 0.485 e. The van der Waals surface area contributed by atoms with Crippen molar-refractivity contribution in [3.8, 4) is 17.1 Å². The van der Waals surface area contributed by atoms with E-state index in [9.17, 15) is 0 Å². The van der Waals surface area contributed by atoms with Crippen LogP contribution in [-0.2, 0) is 4.74 Å².